The van der Waals surface area contributed by atoms with Gasteiger partial charge in [-0.1, -0.05) is 0 Å². The molecular formula is C16H32N2O9. The molecule has 160 valence electrons. The number of rotatable bonds is 13. The Morgan fingerprint density at radius 2 is 1.63 bits per heavy atom. The second-order valence-electron chi connectivity index (χ2n) is 6.38. The summed E-state index contributed by atoms with van der Waals surface area (Å²) in [4.78, 5) is 13.1. The van der Waals surface area contributed by atoms with Gasteiger partial charge in [0, 0.05) is 6.54 Å². The summed E-state index contributed by atoms with van der Waals surface area (Å²) in [6.07, 6.45) is -6.46. The molecule has 0 aromatic rings. The summed E-state index contributed by atoms with van der Waals surface area (Å²) < 4.78 is 21.1. The Labute approximate surface area is 158 Å². The predicted molar refractivity (Wildman–Crippen MR) is 92.9 cm³/mol. The monoisotopic (exact) mass is 396 g/mol. The van der Waals surface area contributed by atoms with Gasteiger partial charge in [-0.25, -0.2) is 0 Å². The van der Waals surface area contributed by atoms with Gasteiger partial charge >= 0.3 is 0 Å². The summed E-state index contributed by atoms with van der Waals surface area (Å²) in [6.45, 7) is 1.59. The normalized spacial score (nSPS) is 28.5. The van der Waals surface area contributed by atoms with E-state index in [4.69, 9.17) is 24.1 Å². The number of ether oxygens (including phenoxy) is 4. The van der Waals surface area contributed by atoms with Crippen LogP contribution >= 0.6 is 0 Å². The second-order valence-corrected chi connectivity index (χ2v) is 6.38. The largest absolute Gasteiger partial charge is 0.394 e. The van der Waals surface area contributed by atoms with Gasteiger partial charge in [0.2, 0.25) is 5.91 Å². The van der Waals surface area contributed by atoms with Gasteiger partial charge in [-0.3, -0.25) is 4.79 Å². The lowest BCUT2D eigenvalue weighted by atomic mass is 9.99. The summed E-state index contributed by atoms with van der Waals surface area (Å²) >= 11 is 0. The standard InChI is InChI=1S/C16H32N2O9/c1-18(2)9-12(20)17-3-4-24-5-6-25-7-8-26-16-15(23)14(22)13(21)11(10-19)27-16/h11,13-16,19,21-23H,3-10H2,1-2H3,(H,17,20)/t11?,13-,14-,15?,16+/m0/s1. The van der Waals surface area contributed by atoms with Gasteiger partial charge in [0.1, 0.15) is 24.4 Å². The van der Waals surface area contributed by atoms with Gasteiger partial charge in [0.25, 0.3) is 0 Å². The van der Waals surface area contributed by atoms with Crippen molar-refractivity contribution in [3.63, 3.8) is 0 Å². The average molecular weight is 396 g/mol. The fourth-order valence-corrected chi connectivity index (χ4v) is 2.36. The Balaban J connectivity index is 2.00. The van der Waals surface area contributed by atoms with E-state index < -0.39 is 37.3 Å². The number of aliphatic hydroxyl groups is 4. The molecule has 11 nitrogen and oxygen atoms in total. The van der Waals surface area contributed by atoms with Crippen molar-refractivity contribution in [2.45, 2.75) is 30.7 Å². The summed E-state index contributed by atoms with van der Waals surface area (Å²) in [5, 5.41) is 40.9. The van der Waals surface area contributed by atoms with Gasteiger partial charge < -0.3 is 49.6 Å². The molecule has 1 saturated heterocycles. The van der Waals surface area contributed by atoms with Crippen molar-refractivity contribution in [3.05, 3.63) is 0 Å². The fraction of sp³-hybridized carbons (Fsp3) is 0.938. The summed E-state index contributed by atoms with van der Waals surface area (Å²) in [7, 11) is 3.63. The van der Waals surface area contributed by atoms with E-state index in [-0.39, 0.29) is 19.1 Å². The van der Waals surface area contributed by atoms with E-state index >= 15 is 0 Å². The molecule has 5 N–H and O–H groups in total. The molecule has 1 aliphatic heterocycles. The van der Waals surface area contributed by atoms with Crippen LogP contribution in [0.5, 0.6) is 0 Å². The number of aliphatic hydroxyl groups excluding tert-OH is 4. The second kappa shape index (κ2) is 13.3. The first-order valence-electron chi connectivity index (χ1n) is 8.85. The van der Waals surface area contributed by atoms with Crippen LogP contribution in [0.1, 0.15) is 0 Å². The molecule has 5 atom stereocenters. The number of carbonyl (C=O) groups excluding carboxylic acids is 1. The number of nitrogens with one attached hydrogen (secondary N) is 1. The first-order valence-corrected chi connectivity index (χ1v) is 8.85. The minimum atomic E-state index is -1.46. The lowest BCUT2D eigenvalue weighted by molar-refractivity contribution is -0.302. The maximum atomic E-state index is 11.4. The zero-order valence-electron chi connectivity index (χ0n) is 15.8. The van der Waals surface area contributed by atoms with Gasteiger partial charge in [-0.15, -0.1) is 0 Å². The molecule has 0 spiro atoms. The Hall–Kier alpha value is -0.890. The van der Waals surface area contributed by atoms with E-state index in [2.05, 4.69) is 5.32 Å². The van der Waals surface area contributed by atoms with Gasteiger partial charge in [0.05, 0.1) is 46.2 Å². The summed E-state index contributed by atoms with van der Waals surface area (Å²) in [6, 6.07) is 0. The molecule has 0 saturated carbocycles. The first-order chi connectivity index (χ1) is 12.9. The van der Waals surface area contributed by atoms with Crippen molar-refractivity contribution >= 4 is 5.91 Å². The van der Waals surface area contributed by atoms with E-state index in [0.717, 1.165) is 0 Å². The van der Waals surface area contributed by atoms with Crippen LogP contribution in [0.3, 0.4) is 0 Å². The van der Waals surface area contributed by atoms with Crippen molar-refractivity contribution in [1.29, 1.82) is 0 Å². The third kappa shape index (κ3) is 9.23. The minimum absolute atomic E-state index is 0.0646. The number of amides is 1. The van der Waals surface area contributed by atoms with E-state index in [0.29, 0.717) is 32.9 Å². The van der Waals surface area contributed by atoms with E-state index in [1.165, 1.54) is 0 Å². The molecule has 1 rings (SSSR count). The Morgan fingerprint density at radius 3 is 2.26 bits per heavy atom. The molecule has 0 aliphatic carbocycles. The van der Waals surface area contributed by atoms with Crippen molar-refractivity contribution in [2.75, 3.05) is 66.8 Å². The fourth-order valence-electron chi connectivity index (χ4n) is 2.36. The SMILES string of the molecule is CN(C)CC(=O)NCCOCCOCCO[C@@H]1OC(CO)[C@H](O)[C@H](O)C1O. The maximum Gasteiger partial charge on any atom is 0.234 e. The van der Waals surface area contributed by atoms with Crippen LogP contribution in [0.15, 0.2) is 0 Å². The third-order valence-corrected chi connectivity index (χ3v) is 3.76. The number of carbonyl (C=O) groups is 1. The molecule has 1 aliphatic rings. The van der Waals surface area contributed by atoms with Gasteiger partial charge in [-0.05, 0) is 14.1 Å². The minimum Gasteiger partial charge on any atom is -0.394 e. The summed E-state index contributed by atoms with van der Waals surface area (Å²) in [5.74, 6) is -0.0646. The predicted octanol–water partition coefficient (Wildman–Crippen LogP) is -3.49. The highest BCUT2D eigenvalue weighted by Gasteiger charge is 2.43. The number of likely N-dealkylation sites (N-methyl/N-ethyl adjacent to an activating group) is 1. The molecular weight excluding hydrogens is 364 g/mol. The zero-order chi connectivity index (χ0) is 20.2. The third-order valence-electron chi connectivity index (χ3n) is 3.76. The smallest absolute Gasteiger partial charge is 0.234 e. The van der Waals surface area contributed by atoms with Crippen LogP contribution in [0.25, 0.3) is 0 Å². The number of nitrogens with zero attached hydrogens (tertiary/aromatic N) is 1. The Morgan fingerprint density at radius 1 is 1.00 bits per heavy atom. The van der Waals surface area contributed by atoms with Crippen LogP contribution in [-0.2, 0) is 23.7 Å². The lowest BCUT2D eigenvalue weighted by Crippen LogP contribution is -2.59. The average Bonchev–Trinajstić information content (AvgIpc) is 2.62. The highest BCUT2D eigenvalue weighted by atomic mass is 16.7. The topological polar surface area (TPSA) is 150 Å². The highest BCUT2D eigenvalue weighted by Crippen LogP contribution is 2.21. The molecule has 1 amide bonds. The lowest BCUT2D eigenvalue weighted by Gasteiger charge is -2.39. The molecule has 2 unspecified atom stereocenters. The first kappa shape index (κ1) is 24.1. The Kier molecular flexibility index (Phi) is 11.9. The Bertz CT molecular complexity index is 411. The van der Waals surface area contributed by atoms with Gasteiger partial charge in [0.15, 0.2) is 6.29 Å². The van der Waals surface area contributed by atoms with Crippen molar-refractivity contribution in [1.82, 2.24) is 10.2 Å². The van der Waals surface area contributed by atoms with Crippen LogP contribution in [0, 0.1) is 0 Å². The van der Waals surface area contributed by atoms with E-state index in [9.17, 15) is 20.1 Å². The van der Waals surface area contributed by atoms with Crippen LogP contribution in [-0.4, -0.2) is 129 Å². The maximum absolute atomic E-state index is 11.4. The van der Waals surface area contributed by atoms with E-state index in [1.54, 1.807) is 4.90 Å². The molecule has 0 aromatic carbocycles. The molecule has 1 fully saturated rings. The van der Waals surface area contributed by atoms with Crippen LogP contribution < -0.4 is 5.32 Å². The zero-order valence-corrected chi connectivity index (χ0v) is 15.8. The molecule has 27 heavy (non-hydrogen) atoms. The van der Waals surface area contributed by atoms with Crippen LogP contribution in [0.4, 0.5) is 0 Å². The summed E-state index contributed by atoms with van der Waals surface area (Å²) in [5.41, 5.74) is 0. The number of hydrogen-bond acceptors (Lipinski definition) is 10. The quantitative estimate of drug-likeness (QED) is 0.199. The van der Waals surface area contributed by atoms with Crippen molar-refractivity contribution < 1.29 is 44.2 Å². The molecule has 1 heterocycles. The van der Waals surface area contributed by atoms with Crippen LogP contribution in [0.2, 0.25) is 0 Å². The van der Waals surface area contributed by atoms with E-state index in [1.807, 2.05) is 14.1 Å². The van der Waals surface area contributed by atoms with Crippen molar-refractivity contribution in [3.8, 4) is 0 Å². The number of hydrogen-bond donors (Lipinski definition) is 5. The van der Waals surface area contributed by atoms with Crippen molar-refractivity contribution in [2.24, 2.45) is 0 Å². The molecule has 0 aromatic heterocycles. The highest BCUT2D eigenvalue weighted by molar-refractivity contribution is 5.77. The molecule has 0 bridgehead atoms. The van der Waals surface area contributed by atoms with Gasteiger partial charge in [-0.2, -0.15) is 0 Å². The molecule has 0 radical (unpaired) electrons. The molecule has 11 heteroatoms.